The van der Waals surface area contributed by atoms with Gasteiger partial charge in [-0.3, -0.25) is 4.79 Å². The second kappa shape index (κ2) is 10.3. The van der Waals surface area contributed by atoms with Crippen molar-refractivity contribution in [3.8, 4) is 16.9 Å². The van der Waals surface area contributed by atoms with Crippen molar-refractivity contribution in [2.24, 2.45) is 0 Å². The Kier molecular flexibility index (Phi) is 6.95. The number of aliphatic hydroxyl groups is 1. The van der Waals surface area contributed by atoms with E-state index in [1.807, 2.05) is 24.3 Å². The van der Waals surface area contributed by atoms with E-state index in [0.29, 0.717) is 35.5 Å². The molecular formula is C31H26F3NO3. The second-order valence-electron chi connectivity index (χ2n) is 9.51. The lowest BCUT2D eigenvalue weighted by Crippen LogP contribution is -2.64. The quantitative estimate of drug-likeness (QED) is 0.269. The summed E-state index contributed by atoms with van der Waals surface area (Å²) in [5, 5.41) is 10.8. The molecule has 0 aliphatic carbocycles. The molecule has 4 aromatic rings. The van der Waals surface area contributed by atoms with Gasteiger partial charge in [-0.2, -0.15) is 0 Å². The summed E-state index contributed by atoms with van der Waals surface area (Å²) in [7, 11) is 1.47. The topological polar surface area (TPSA) is 49.8 Å². The van der Waals surface area contributed by atoms with Gasteiger partial charge >= 0.3 is 0 Å². The smallest absolute Gasteiger partial charge is 0.239 e. The molecule has 0 saturated carbocycles. The number of methoxy groups -OCH3 is 1. The van der Waals surface area contributed by atoms with Crippen molar-refractivity contribution >= 4 is 11.6 Å². The first-order chi connectivity index (χ1) is 18.3. The highest BCUT2D eigenvalue weighted by atomic mass is 19.1. The maximum atomic E-state index is 14.1. The van der Waals surface area contributed by atoms with Crippen molar-refractivity contribution in [1.29, 1.82) is 0 Å². The summed E-state index contributed by atoms with van der Waals surface area (Å²) in [6.07, 6.45) is -0.258. The maximum absolute atomic E-state index is 14.1. The van der Waals surface area contributed by atoms with E-state index in [1.165, 1.54) is 55.6 Å². The molecule has 0 spiro atoms. The Morgan fingerprint density at radius 1 is 0.842 bits per heavy atom. The zero-order valence-electron chi connectivity index (χ0n) is 20.7. The largest absolute Gasteiger partial charge is 0.497 e. The normalized spacial score (nSPS) is 17.7. The van der Waals surface area contributed by atoms with Crippen LogP contribution in [-0.4, -0.2) is 24.7 Å². The molecule has 0 bridgehead atoms. The first-order valence-corrected chi connectivity index (χ1v) is 12.3. The van der Waals surface area contributed by atoms with Crippen LogP contribution in [0, 0.1) is 17.5 Å². The number of carbonyl (C=O) groups is 1. The van der Waals surface area contributed by atoms with Gasteiger partial charge in [-0.05, 0) is 83.6 Å². The predicted molar refractivity (Wildman–Crippen MR) is 139 cm³/mol. The van der Waals surface area contributed by atoms with Crippen LogP contribution in [0.15, 0.2) is 91.0 Å². The van der Waals surface area contributed by atoms with Crippen LogP contribution in [0.5, 0.6) is 5.75 Å². The van der Waals surface area contributed by atoms with Crippen LogP contribution in [0.4, 0.5) is 18.9 Å². The Balaban J connectivity index is 1.43. The molecule has 38 heavy (non-hydrogen) atoms. The summed E-state index contributed by atoms with van der Waals surface area (Å²) in [4.78, 5) is 15.3. The maximum Gasteiger partial charge on any atom is 0.239 e. The molecule has 0 aromatic heterocycles. The van der Waals surface area contributed by atoms with Gasteiger partial charge in [-0.25, -0.2) is 13.2 Å². The van der Waals surface area contributed by atoms with Crippen LogP contribution in [0.2, 0.25) is 0 Å². The number of hydrogen-bond donors (Lipinski definition) is 1. The third-order valence-corrected chi connectivity index (χ3v) is 7.20. The van der Waals surface area contributed by atoms with Gasteiger partial charge in [0, 0.05) is 18.3 Å². The highest BCUT2D eigenvalue weighted by molar-refractivity contribution is 6.08. The lowest BCUT2D eigenvalue weighted by atomic mass is 9.68. The van der Waals surface area contributed by atoms with Crippen LogP contribution in [0.25, 0.3) is 11.1 Å². The summed E-state index contributed by atoms with van der Waals surface area (Å²) in [6, 6.07) is 23.2. The van der Waals surface area contributed by atoms with Gasteiger partial charge < -0.3 is 14.7 Å². The molecule has 194 valence electrons. The summed E-state index contributed by atoms with van der Waals surface area (Å²) in [6.45, 7) is 0.348. The molecule has 5 rings (SSSR count). The van der Waals surface area contributed by atoms with Crippen molar-refractivity contribution < 1.29 is 27.8 Å². The van der Waals surface area contributed by atoms with Crippen LogP contribution in [0.1, 0.15) is 30.1 Å². The monoisotopic (exact) mass is 517 g/mol. The number of nitrogens with zero attached hydrogens (tertiary/aromatic N) is 1. The minimum Gasteiger partial charge on any atom is -0.497 e. The molecule has 1 N–H and O–H groups in total. The Hall–Kier alpha value is -4.10. The molecule has 1 amide bonds. The Labute approximate surface area is 218 Å². The number of rotatable bonds is 8. The van der Waals surface area contributed by atoms with E-state index >= 15 is 0 Å². The van der Waals surface area contributed by atoms with Crippen molar-refractivity contribution in [3.05, 3.63) is 120 Å². The number of ether oxygens (including phenoxy) is 1. The zero-order chi connectivity index (χ0) is 26.9. The van der Waals surface area contributed by atoms with Crippen LogP contribution < -0.4 is 9.64 Å². The van der Waals surface area contributed by atoms with Crippen molar-refractivity contribution in [2.45, 2.75) is 24.4 Å². The van der Waals surface area contributed by atoms with Gasteiger partial charge in [0.2, 0.25) is 5.91 Å². The van der Waals surface area contributed by atoms with E-state index in [-0.39, 0.29) is 18.1 Å². The zero-order valence-corrected chi connectivity index (χ0v) is 20.7. The molecular weight excluding hydrogens is 491 g/mol. The van der Waals surface area contributed by atoms with Crippen LogP contribution >= 0.6 is 0 Å². The van der Waals surface area contributed by atoms with Crippen molar-refractivity contribution in [1.82, 2.24) is 0 Å². The number of anilines is 1. The number of aliphatic hydroxyl groups excluding tert-OH is 1. The summed E-state index contributed by atoms with van der Waals surface area (Å²) in [5.74, 6) is -0.952. The average molecular weight is 518 g/mol. The van der Waals surface area contributed by atoms with E-state index in [2.05, 4.69) is 0 Å². The summed E-state index contributed by atoms with van der Waals surface area (Å²) < 4.78 is 46.0. The second-order valence-corrected chi connectivity index (χ2v) is 9.51. The van der Waals surface area contributed by atoms with Gasteiger partial charge in [-0.15, -0.1) is 0 Å². The van der Waals surface area contributed by atoms with E-state index in [9.17, 15) is 23.1 Å². The van der Waals surface area contributed by atoms with E-state index in [4.69, 9.17) is 4.74 Å². The Bertz CT molecular complexity index is 1440. The molecule has 4 nitrogen and oxygen atoms in total. The third kappa shape index (κ3) is 4.89. The summed E-state index contributed by atoms with van der Waals surface area (Å²) in [5.41, 5.74) is 2.42. The average Bonchev–Trinajstić information content (AvgIpc) is 2.93. The van der Waals surface area contributed by atoms with Crippen LogP contribution in [0.3, 0.4) is 0 Å². The first kappa shape index (κ1) is 25.5. The lowest BCUT2D eigenvalue weighted by molar-refractivity contribution is -0.130. The molecule has 1 aliphatic heterocycles. The number of halogens is 3. The fourth-order valence-corrected chi connectivity index (χ4v) is 5.01. The molecule has 4 aromatic carbocycles. The number of β-lactam (4-membered cyclic amide) rings is 1. The minimum atomic E-state index is -0.909. The van der Waals surface area contributed by atoms with Crippen molar-refractivity contribution in [3.63, 3.8) is 0 Å². The van der Waals surface area contributed by atoms with Gasteiger partial charge in [0.25, 0.3) is 0 Å². The van der Waals surface area contributed by atoms with Crippen LogP contribution in [-0.2, 0) is 10.2 Å². The molecule has 7 heteroatoms. The Morgan fingerprint density at radius 2 is 1.47 bits per heavy atom. The number of amides is 1. The highest BCUT2D eigenvalue weighted by Crippen LogP contribution is 2.44. The van der Waals surface area contributed by atoms with Gasteiger partial charge in [0.1, 0.15) is 23.2 Å². The van der Waals surface area contributed by atoms with E-state index in [1.54, 1.807) is 23.1 Å². The van der Waals surface area contributed by atoms with Gasteiger partial charge in [0.05, 0.1) is 18.6 Å². The SMILES string of the molecule is COc1cc(F)cc(-c2ccc(C3(CC[C@H](O)c4ccc(F)cc4)CN(c4ccc(F)cc4)C3=O)cc2)c1. The molecule has 0 radical (unpaired) electrons. The molecule has 1 unspecified atom stereocenters. The van der Waals surface area contributed by atoms with Gasteiger partial charge in [0.15, 0.2) is 0 Å². The molecule has 1 aliphatic rings. The molecule has 1 saturated heterocycles. The molecule has 2 atom stereocenters. The fourth-order valence-electron chi connectivity index (χ4n) is 5.01. The first-order valence-electron chi connectivity index (χ1n) is 12.3. The van der Waals surface area contributed by atoms with Gasteiger partial charge in [-0.1, -0.05) is 36.4 Å². The standard InChI is InChI=1S/C31H26F3NO3/c1-38-28-17-22(16-26(34)18-28)20-2-6-23(7-3-20)31(15-14-29(36)21-4-8-24(32)9-5-21)19-35(30(31)37)27-12-10-25(33)11-13-27/h2-13,16-18,29,36H,14-15,19H2,1H3/t29-,31?/m0/s1. The minimum absolute atomic E-state index is 0.157. The van der Waals surface area contributed by atoms with Crippen molar-refractivity contribution in [2.75, 3.05) is 18.6 Å². The third-order valence-electron chi connectivity index (χ3n) is 7.20. The van der Waals surface area contributed by atoms with E-state index in [0.717, 1.165) is 11.1 Å². The fraction of sp³-hybridized carbons (Fsp3) is 0.194. The highest BCUT2D eigenvalue weighted by Gasteiger charge is 2.53. The summed E-state index contributed by atoms with van der Waals surface area (Å²) >= 11 is 0. The molecule has 1 fully saturated rings. The van der Waals surface area contributed by atoms with E-state index < -0.39 is 23.2 Å². The number of benzene rings is 4. The number of carbonyl (C=O) groups excluding carboxylic acids is 1. The number of hydrogen-bond acceptors (Lipinski definition) is 3. The lowest BCUT2D eigenvalue weighted by Gasteiger charge is -2.49. The Morgan fingerprint density at radius 3 is 2.08 bits per heavy atom. The molecule has 1 heterocycles. The predicted octanol–water partition coefficient (Wildman–Crippen LogP) is 6.58.